The summed E-state index contributed by atoms with van der Waals surface area (Å²) in [5, 5.41) is 19.0. The number of aryl methyl sites for hydroxylation is 1. The van der Waals surface area contributed by atoms with Gasteiger partial charge in [-0.3, -0.25) is 4.79 Å². The number of aromatic nitrogens is 1. The van der Waals surface area contributed by atoms with E-state index in [1.54, 1.807) is 31.2 Å². The molecule has 0 aliphatic carbocycles. The quantitative estimate of drug-likeness (QED) is 0.512. The van der Waals surface area contributed by atoms with E-state index in [1.165, 1.54) is 12.3 Å². The second kappa shape index (κ2) is 7.51. The number of phenolic OH excluding ortho intramolecular Hbond substituents is 1. The van der Waals surface area contributed by atoms with Crippen LogP contribution in [0.4, 0.5) is 0 Å². The molecular weight excluding hydrogens is 470 g/mol. The van der Waals surface area contributed by atoms with E-state index in [-0.39, 0.29) is 12.2 Å². The molecule has 0 radical (unpaired) electrons. The number of halogens is 2. The third kappa shape index (κ3) is 4.08. The van der Waals surface area contributed by atoms with Crippen molar-refractivity contribution in [3.8, 4) is 28.7 Å². The zero-order valence-corrected chi connectivity index (χ0v) is 16.7. The van der Waals surface area contributed by atoms with Gasteiger partial charge in [-0.2, -0.15) is 0 Å². The van der Waals surface area contributed by atoms with Crippen LogP contribution >= 0.6 is 31.9 Å². The first-order chi connectivity index (χ1) is 12.3. The molecule has 6 nitrogen and oxygen atoms in total. The lowest BCUT2D eigenvalue weighted by Crippen LogP contribution is -2.00. The average molecular weight is 483 g/mol. The van der Waals surface area contributed by atoms with E-state index in [0.29, 0.717) is 43.2 Å². The Kier molecular flexibility index (Phi) is 5.33. The number of carboxylic acid groups (broad SMARTS) is 1. The number of carboxylic acids is 1. The van der Waals surface area contributed by atoms with Gasteiger partial charge < -0.3 is 19.4 Å². The van der Waals surface area contributed by atoms with Gasteiger partial charge >= 0.3 is 5.97 Å². The minimum atomic E-state index is -0.915. The fraction of sp³-hybridized carbons (Fsp3) is 0.111. The largest absolute Gasteiger partial charge is 0.507 e. The van der Waals surface area contributed by atoms with Crippen molar-refractivity contribution in [2.45, 2.75) is 13.3 Å². The summed E-state index contributed by atoms with van der Waals surface area (Å²) in [5.74, 6) is 0.344. The lowest BCUT2D eigenvalue weighted by Gasteiger charge is -2.12. The number of aromatic hydroxyl groups is 1. The topological polar surface area (TPSA) is 92.8 Å². The van der Waals surface area contributed by atoms with Crippen molar-refractivity contribution in [2.75, 3.05) is 0 Å². The first kappa shape index (κ1) is 18.5. The maximum Gasteiger partial charge on any atom is 0.307 e. The highest BCUT2D eigenvalue weighted by atomic mass is 79.9. The lowest BCUT2D eigenvalue weighted by molar-refractivity contribution is -0.136. The summed E-state index contributed by atoms with van der Waals surface area (Å²) in [4.78, 5) is 15.1. The molecule has 2 aromatic carbocycles. The molecule has 0 atom stereocenters. The van der Waals surface area contributed by atoms with Gasteiger partial charge in [0.1, 0.15) is 17.8 Å². The third-order valence-electron chi connectivity index (χ3n) is 3.45. The predicted molar refractivity (Wildman–Crippen MR) is 102 cm³/mol. The van der Waals surface area contributed by atoms with Crippen LogP contribution in [-0.4, -0.2) is 21.2 Å². The highest BCUT2D eigenvalue weighted by molar-refractivity contribution is 9.11. The van der Waals surface area contributed by atoms with Crippen molar-refractivity contribution < 1.29 is 24.2 Å². The van der Waals surface area contributed by atoms with Crippen LogP contribution in [0.5, 0.6) is 17.2 Å². The first-order valence-electron chi connectivity index (χ1n) is 7.46. The summed E-state index contributed by atoms with van der Waals surface area (Å²) in [6, 6.07) is 8.09. The van der Waals surface area contributed by atoms with E-state index >= 15 is 0 Å². The minimum Gasteiger partial charge on any atom is -0.507 e. The Morgan fingerprint density at radius 3 is 2.50 bits per heavy atom. The van der Waals surface area contributed by atoms with E-state index in [4.69, 9.17) is 14.3 Å². The van der Waals surface area contributed by atoms with Crippen LogP contribution in [0.15, 0.2) is 50.0 Å². The van der Waals surface area contributed by atoms with Gasteiger partial charge in [-0.15, -0.1) is 0 Å². The summed E-state index contributed by atoms with van der Waals surface area (Å²) in [6.07, 6.45) is 1.40. The zero-order valence-electron chi connectivity index (χ0n) is 13.5. The zero-order chi connectivity index (χ0) is 18.8. The van der Waals surface area contributed by atoms with E-state index in [1.807, 2.05) is 0 Å². The minimum absolute atomic E-state index is 0.0223. The molecule has 1 heterocycles. The number of oxazole rings is 1. The summed E-state index contributed by atoms with van der Waals surface area (Å²) < 4.78 is 12.4. The molecule has 0 aliphatic heterocycles. The number of rotatable bonds is 5. The fourth-order valence-corrected chi connectivity index (χ4v) is 3.78. The highest BCUT2D eigenvalue weighted by Crippen LogP contribution is 2.40. The first-order valence-corrected chi connectivity index (χ1v) is 9.05. The molecule has 0 spiro atoms. The molecule has 1 aromatic heterocycles. The van der Waals surface area contributed by atoms with Crippen LogP contribution in [0.3, 0.4) is 0 Å². The molecule has 0 saturated heterocycles. The van der Waals surface area contributed by atoms with Gasteiger partial charge in [-0.25, -0.2) is 4.98 Å². The van der Waals surface area contributed by atoms with Crippen LogP contribution in [0, 0.1) is 6.92 Å². The summed E-state index contributed by atoms with van der Waals surface area (Å²) in [6.45, 7) is 1.79. The predicted octanol–water partition coefficient (Wildman–Crippen LogP) is 5.30. The smallest absolute Gasteiger partial charge is 0.307 e. The number of hydrogen-bond donors (Lipinski definition) is 2. The van der Waals surface area contributed by atoms with Crippen molar-refractivity contribution in [2.24, 2.45) is 0 Å². The Bertz CT molecular complexity index is 960. The molecule has 0 bridgehead atoms. The van der Waals surface area contributed by atoms with Crippen LogP contribution < -0.4 is 4.74 Å². The molecule has 3 aromatic rings. The van der Waals surface area contributed by atoms with Crippen molar-refractivity contribution in [3.63, 3.8) is 0 Å². The second-order valence-corrected chi connectivity index (χ2v) is 7.24. The Morgan fingerprint density at radius 1 is 1.23 bits per heavy atom. The van der Waals surface area contributed by atoms with Gasteiger partial charge in [-0.1, -0.05) is 0 Å². The summed E-state index contributed by atoms with van der Waals surface area (Å²) in [7, 11) is 0. The van der Waals surface area contributed by atoms with Gasteiger partial charge in [0.15, 0.2) is 5.75 Å². The Labute approximate surface area is 165 Å². The molecule has 8 heteroatoms. The van der Waals surface area contributed by atoms with Crippen LogP contribution in [-0.2, 0) is 11.2 Å². The Morgan fingerprint density at radius 2 is 1.92 bits per heavy atom. The third-order valence-corrected chi connectivity index (χ3v) is 4.63. The van der Waals surface area contributed by atoms with Crippen molar-refractivity contribution >= 4 is 37.8 Å². The maximum atomic E-state index is 10.9. The number of aliphatic carboxylic acids is 1. The van der Waals surface area contributed by atoms with Crippen LogP contribution in [0.25, 0.3) is 11.5 Å². The number of ether oxygens (including phenoxy) is 1. The van der Waals surface area contributed by atoms with Gasteiger partial charge in [-0.05, 0) is 74.7 Å². The Balaban J connectivity index is 1.93. The number of hydrogen-bond acceptors (Lipinski definition) is 5. The number of nitrogens with zero attached hydrogens (tertiary/aromatic N) is 1. The molecule has 0 saturated carbocycles. The Hall–Kier alpha value is -2.32. The van der Waals surface area contributed by atoms with Gasteiger partial charge in [0, 0.05) is 0 Å². The molecule has 3 rings (SSSR count). The molecule has 26 heavy (non-hydrogen) atoms. The number of benzene rings is 2. The maximum absolute atomic E-state index is 10.9. The molecule has 0 aliphatic rings. The van der Waals surface area contributed by atoms with Crippen molar-refractivity contribution in [3.05, 3.63) is 56.8 Å². The average Bonchev–Trinajstić information content (AvgIpc) is 2.98. The summed E-state index contributed by atoms with van der Waals surface area (Å²) >= 11 is 6.80. The SMILES string of the molecule is Cc1coc(-c2cc(Oc3c(Br)cc(CC(=O)O)cc3Br)ccc2O)n1. The van der Waals surface area contributed by atoms with Gasteiger partial charge in [0.2, 0.25) is 5.89 Å². The molecule has 0 amide bonds. The van der Waals surface area contributed by atoms with Crippen molar-refractivity contribution in [1.29, 1.82) is 0 Å². The molecule has 0 unspecified atom stereocenters. The normalized spacial score (nSPS) is 10.7. The van der Waals surface area contributed by atoms with E-state index in [2.05, 4.69) is 36.8 Å². The number of phenols is 1. The van der Waals surface area contributed by atoms with Crippen LogP contribution in [0.2, 0.25) is 0 Å². The summed E-state index contributed by atoms with van der Waals surface area (Å²) in [5.41, 5.74) is 1.74. The number of carbonyl (C=O) groups is 1. The standard InChI is InChI=1S/C18H13Br2NO5/c1-9-8-25-18(21-9)12-7-11(2-3-15(12)22)26-17-13(19)4-10(5-14(17)20)6-16(23)24/h2-5,7-8,22H,6H2,1H3,(H,23,24). The van der Waals surface area contributed by atoms with E-state index < -0.39 is 5.97 Å². The van der Waals surface area contributed by atoms with Gasteiger partial charge in [0.05, 0.1) is 26.6 Å². The van der Waals surface area contributed by atoms with Crippen LogP contribution in [0.1, 0.15) is 11.3 Å². The van der Waals surface area contributed by atoms with Crippen molar-refractivity contribution in [1.82, 2.24) is 4.98 Å². The second-order valence-electron chi connectivity index (χ2n) is 5.53. The van der Waals surface area contributed by atoms with E-state index in [9.17, 15) is 9.90 Å². The molecule has 2 N–H and O–H groups in total. The molecule has 134 valence electrons. The molecular formula is C18H13Br2NO5. The molecule has 0 fully saturated rings. The highest BCUT2D eigenvalue weighted by Gasteiger charge is 2.15. The monoisotopic (exact) mass is 481 g/mol. The van der Waals surface area contributed by atoms with Gasteiger partial charge in [0.25, 0.3) is 0 Å². The lowest BCUT2D eigenvalue weighted by atomic mass is 10.1. The fourth-order valence-electron chi connectivity index (χ4n) is 2.33. The van der Waals surface area contributed by atoms with E-state index in [0.717, 1.165) is 0 Å².